The van der Waals surface area contributed by atoms with Crippen LogP contribution in [0.15, 0.2) is 143 Å². The van der Waals surface area contributed by atoms with Crippen LogP contribution in [0.25, 0.3) is 0 Å². The second-order valence-electron chi connectivity index (χ2n) is 10.0. The summed E-state index contributed by atoms with van der Waals surface area (Å²) in [6, 6.07) is 33.3. The number of sulfonamides is 2. The van der Waals surface area contributed by atoms with Crippen LogP contribution in [0.5, 0.6) is 0 Å². The Labute approximate surface area is 256 Å². The van der Waals surface area contributed by atoms with Crippen LogP contribution in [0, 0.1) is 13.8 Å². The van der Waals surface area contributed by atoms with Gasteiger partial charge in [-0.3, -0.25) is 9.59 Å². The van der Waals surface area contributed by atoms with E-state index < -0.39 is 31.9 Å². The Hall–Kier alpha value is -5.06. The van der Waals surface area contributed by atoms with E-state index >= 15 is 0 Å². The van der Waals surface area contributed by atoms with Crippen LogP contribution in [-0.4, -0.2) is 28.6 Å². The number of nitrogens with zero attached hydrogens (tertiary/aromatic N) is 2. The summed E-state index contributed by atoms with van der Waals surface area (Å²) in [5, 5.41) is 0. The van der Waals surface area contributed by atoms with Gasteiger partial charge in [-0.2, -0.15) is 8.61 Å². The minimum atomic E-state index is -4.40. The first-order chi connectivity index (χ1) is 21.0. The smallest absolute Gasteiger partial charge is 0.268 e. The second kappa shape index (κ2) is 12.3. The molecule has 8 nitrogen and oxygen atoms in total. The summed E-state index contributed by atoms with van der Waals surface area (Å²) >= 11 is 0. The molecule has 0 atom stereocenters. The fourth-order valence-electron chi connectivity index (χ4n) is 4.48. The summed E-state index contributed by atoms with van der Waals surface area (Å²) in [6.07, 6.45) is 0. The van der Waals surface area contributed by atoms with Gasteiger partial charge in [0, 0.05) is 11.1 Å². The van der Waals surface area contributed by atoms with Crippen molar-refractivity contribution in [2.24, 2.45) is 0 Å². The summed E-state index contributed by atoms with van der Waals surface area (Å²) < 4.78 is 56.9. The lowest BCUT2D eigenvalue weighted by atomic mass is 10.2. The van der Waals surface area contributed by atoms with Crippen molar-refractivity contribution in [2.75, 3.05) is 8.61 Å². The highest BCUT2D eigenvalue weighted by molar-refractivity contribution is 7.94. The van der Waals surface area contributed by atoms with Crippen molar-refractivity contribution in [1.29, 1.82) is 0 Å². The highest BCUT2D eigenvalue weighted by Crippen LogP contribution is 2.31. The molecule has 5 aromatic rings. The summed E-state index contributed by atoms with van der Waals surface area (Å²) in [7, 11) is -8.80. The number of carbonyl (C=O) groups excluding carboxylic acids is 2. The zero-order valence-corrected chi connectivity index (χ0v) is 25.5. The van der Waals surface area contributed by atoms with Crippen LogP contribution in [-0.2, 0) is 20.0 Å². The molecule has 2 amide bonds. The molecule has 0 fully saturated rings. The Morgan fingerprint density at radius 3 is 1.02 bits per heavy atom. The molecule has 0 aliphatic carbocycles. The van der Waals surface area contributed by atoms with Gasteiger partial charge in [-0.15, -0.1) is 0 Å². The minimum Gasteiger partial charge on any atom is -0.268 e. The molecule has 0 N–H and O–H groups in total. The van der Waals surface area contributed by atoms with Crippen LogP contribution < -0.4 is 8.61 Å². The number of aryl methyl sites for hydroxylation is 2. The van der Waals surface area contributed by atoms with Gasteiger partial charge >= 0.3 is 0 Å². The van der Waals surface area contributed by atoms with Crippen LogP contribution in [0.4, 0.5) is 11.4 Å². The third-order valence-electron chi connectivity index (χ3n) is 6.85. The maximum atomic E-state index is 13.9. The third-order valence-corrected chi connectivity index (χ3v) is 10.3. The van der Waals surface area contributed by atoms with E-state index in [1.54, 1.807) is 60.7 Å². The lowest BCUT2D eigenvalue weighted by Crippen LogP contribution is -2.38. The second-order valence-corrected chi connectivity index (χ2v) is 13.6. The molecule has 10 heteroatoms. The predicted molar refractivity (Wildman–Crippen MR) is 170 cm³/mol. The summed E-state index contributed by atoms with van der Waals surface area (Å²) in [5.74, 6) is -1.60. The topological polar surface area (TPSA) is 109 Å². The van der Waals surface area contributed by atoms with E-state index in [2.05, 4.69) is 0 Å². The molecular formula is C34H28N2O6S2. The van der Waals surface area contributed by atoms with E-state index in [0.29, 0.717) is 8.61 Å². The number of benzene rings is 5. The minimum absolute atomic E-state index is 0.0389. The lowest BCUT2D eigenvalue weighted by molar-refractivity contribution is 0.0996. The van der Waals surface area contributed by atoms with Crippen LogP contribution >= 0.6 is 0 Å². The number of carbonyl (C=O) groups is 2. The average Bonchev–Trinajstić information content (AvgIpc) is 3.03. The molecule has 0 heterocycles. The molecule has 5 rings (SSSR count). The Morgan fingerprint density at radius 1 is 0.432 bits per heavy atom. The molecule has 0 unspecified atom stereocenters. The summed E-state index contributed by atoms with van der Waals surface area (Å²) in [4.78, 5) is 27.2. The van der Waals surface area contributed by atoms with Gasteiger partial charge in [-0.1, -0.05) is 71.8 Å². The predicted octanol–water partition coefficient (Wildman–Crippen LogP) is 6.37. The van der Waals surface area contributed by atoms with Crippen molar-refractivity contribution >= 4 is 43.2 Å². The highest BCUT2D eigenvalue weighted by atomic mass is 32.2. The standard InChI is InChI=1S/C34H28N2O6S2/c1-25-13-21-31(22-14-25)43(39,40)35(33(37)27-9-5-3-6-10-27)29-17-19-30(20-18-29)36(34(38)28-11-7-4-8-12-28)44(41,42)32-23-15-26(2)16-24-32/h3-24H,1-2H3. The van der Waals surface area contributed by atoms with Crippen molar-refractivity contribution in [3.8, 4) is 0 Å². The van der Waals surface area contributed by atoms with E-state index in [9.17, 15) is 26.4 Å². The number of hydrogen-bond acceptors (Lipinski definition) is 6. The van der Waals surface area contributed by atoms with Crippen molar-refractivity contribution in [3.63, 3.8) is 0 Å². The molecule has 0 spiro atoms. The van der Waals surface area contributed by atoms with Gasteiger partial charge in [-0.05, 0) is 86.6 Å². The SMILES string of the molecule is Cc1ccc(S(=O)(=O)N(C(=O)c2ccccc2)c2ccc(N(C(=O)c3ccccc3)S(=O)(=O)c3ccc(C)cc3)cc2)cc1. The van der Waals surface area contributed by atoms with E-state index in [1.165, 1.54) is 72.8 Å². The van der Waals surface area contributed by atoms with E-state index in [0.717, 1.165) is 11.1 Å². The van der Waals surface area contributed by atoms with Crippen molar-refractivity contribution in [2.45, 2.75) is 23.6 Å². The Kier molecular flexibility index (Phi) is 8.48. The molecule has 44 heavy (non-hydrogen) atoms. The molecule has 0 radical (unpaired) electrons. The molecule has 0 aliphatic rings. The van der Waals surface area contributed by atoms with Gasteiger partial charge in [0.2, 0.25) is 0 Å². The Balaban J connectivity index is 1.63. The summed E-state index contributed by atoms with van der Waals surface area (Å²) in [5.41, 5.74) is 1.87. The largest absolute Gasteiger partial charge is 0.272 e. The Bertz CT molecular complexity index is 1860. The zero-order valence-electron chi connectivity index (χ0n) is 23.9. The number of amides is 2. The van der Waals surface area contributed by atoms with Crippen molar-refractivity contribution in [3.05, 3.63) is 156 Å². The molecular weight excluding hydrogens is 597 g/mol. The molecule has 0 aromatic heterocycles. The van der Waals surface area contributed by atoms with E-state index in [1.807, 2.05) is 13.8 Å². The third kappa shape index (κ3) is 6.03. The quantitative estimate of drug-likeness (QED) is 0.198. The van der Waals surface area contributed by atoms with Crippen LogP contribution in [0.1, 0.15) is 31.8 Å². The van der Waals surface area contributed by atoms with Gasteiger partial charge in [-0.25, -0.2) is 16.8 Å². The fraction of sp³-hybridized carbons (Fsp3) is 0.0588. The van der Waals surface area contributed by atoms with Crippen molar-refractivity contribution in [1.82, 2.24) is 0 Å². The molecule has 0 saturated carbocycles. The van der Waals surface area contributed by atoms with E-state index in [-0.39, 0.29) is 32.3 Å². The maximum absolute atomic E-state index is 13.9. The molecule has 222 valence electrons. The van der Waals surface area contributed by atoms with Gasteiger partial charge in [0.05, 0.1) is 21.2 Å². The van der Waals surface area contributed by atoms with Crippen molar-refractivity contribution < 1.29 is 26.4 Å². The molecule has 0 aliphatic heterocycles. The molecule has 0 saturated heterocycles. The fourth-order valence-corrected chi connectivity index (χ4v) is 7.31. The average molecular weight is 625 g/mol. The van der Waals surface area contributed by atoms with Gasteiger partial charge in [0.15, 0.2) is 0 Å². The molecule has 0 bridgehead atoms. The highest BCUT2D eigenvalue weighted by Gasteiger charge is 2.34. The molecule has 5 aromatic carbocycles. The first-order valence-corrected chi connectivity index (χ1v) is 16.4. The first kappa shape index (κ1) is 30.4. The normalized spacial score (nSPS) is 11.5. The van der Waals surface area contributed by atoms with E-state index in [4.69, 9.17) is 0 Å². The van der Waals surface area contributed by atoms with Crippen LogP contribution in [0.3, 0.4) is 0 Å². The Morgan fingerprint density at radius 2 is 0.727 bits per heavy atom. The van der Waals surface area contributed by atoms with Crippen LogP contribution in [0.2, 0.25) is 0 Å². The first-order valence-electron chi connectivity index (χ1n) is 13.5. The summed E-state index contributed by atoms with van der Waals surface area (Å²) in [6.45, 7) is 3.63. The zero-order chi connectivity index (χ0) is 31.5. The monoisotopic (exact) mass is 624 g/mol. The number of anilines is 2. The van der Waals surface area contributed by atoms with Gasteiger partial charge in [0.25, 0.3) is 31.9 Å². The number of rotatable bonds is 8. The maximum Gasteiger partial charge on any atom is 0.272 e. The number of hydrogen-bond donors (Lipinski definition) is 0. The van der Waals surface area contributed by atoms with Gasteiger partial charge < -0.3 is 0 Å². The lowest BCUT2D eigenvalue weighted by Gasteiger charge is -2.25. The van der Waals surface area contributed by atoms with Gasteiger partial charge in [0.1, 0.15) is 0 Å².